The lowest BCUT2D eigenvalue weighted by molar-refractivity contribution is 0.308. The predicted octanol–water partition coefficient (Wildman–Crippen LogP) is 0.319. The van der Waals surface area contributed by atoms with Gasteiger partial charge in [0.1, 0.15) is 0 Å². The molecule has 0 amide bonds. The van der Waals surface area contributed by atoms with Gasteiger partial charge in [0.2, 0.25) is 5.16 Å². The molecule has 0 aliphatic carbocycles. The van der Waals surface area contributed by atoms with Crippen LogP contribution in [-0.2, 0) is 0 Å². The second-order valence-electron chi connectivity index (χ2n) is 3.08. The van der Waals surface area contributed by atoms with Crippen molar-refractivity contribution in [3.63, 3.8) is 0 Å². The zero-order chi connectivity index (χ0) is 9.10. The Morgan fingerprint density at radius 3 is 2.85 bits per heavy atom. The van der Waals surface area contributed by atoms with Gasteiger partial charge in [-0.2, -0.15) is 4.80 Å². The minimum Gasteiger partial charge on any atom is -0.317 e. The summed E-state index contributed by atoms with van der Waals surface area (Å²) in [6.07, 6.45) is 4.16. The van der Waals surface area contributed by atoms with Gasteiger partial charge in [0.05, 0.1) is 6.04 Å². The molecule has 1 aromatic heterocycles. The molecule has 1 N–H and O–H groups in total. The van der Waals surface area contributed by atoms with Gasteiger partial charge in [-0.05, 0) is 37.4 Å². The fraction of sp³-hybridized carbons (Fsp3) is 0.857. The first-order valence-electron chi connectivity index (χ1n) is 4.44. The minimum atomic E-state index is 0.439. The quantitative estimate of drug-likeness (QED) is 0.695. The third kappa shape index (κ3) is 2.00. The molecule has 13 heavy (non-hydrogen) atoms. The van der Waals surface area contributed by atoms with Crippen LogP contribution in [0.3, 0.4) is 0 Å². The minimum absolute atomic E-state index is 0.439. The molecular weight excluding hydrogens is 186 g/mol. The average molecular weight is 199 g/mol. The van der Waals surface area contributed by atoms with Gasteiger partial charge < -0.3 is 5.32 Å². The monoisotopic (exact) mass is 199 g/mol. The van der Waals surface area contributed by atoms with Gasteiger partial charge in [-0.15, -0.1) is 10.2 Å². The van der Waals surface area contributed by atoms with Crippen LogP contribution < -0.4 is 5.32 Å². The van der Waals surface area contributed by atoms with E-state index in [1.54, 1.807) is 4.80 Å². The lowest BCUT2D eigenvalue weighted by Gasteiger charge is -2.20. The molecule has 0 unspecified atom stereocenters. The van der Waals surface area contributed by atoms with Gasteiger partial charge in [-0.1, -0.05) is 11.8 Å². The van der Waals surface area contributed by atoms with E-state index in [0.717, 1.165) is 31.1 Å². The highest BCUT2D eigenvalue weighted by molar-refractivity contribution is 7.98. The van der Waals surface area contributed by atoms with E-state index in [4.69, 9.17) is 0 Å². The summed E-state index contributed by atoms with van der Waals surface area (Å²) in [7, 11) is 0. The molecule has 0 atom stereocenters. The Hall–Kier alpha value is -0.620. The fourth-order valence-corrected chi connectivity index (χ4v) is 1.77. The first-order chi connectivity index (χ1) is 6.40. The van der Waals surface area contributed by atoms with Gasteiger partial charge in [-0.25, -0.2) is 0 Å². The topological polar surface area (TPSA) is 55.6 Å². The molecule has 0 spiro atoms. The summed E-state index contributed by atoms with van der Waals surface area (Å²) in [5.74, 6) is 0. The molecule has 1 aliphatic heterocycles. The Morgan fingerprint density at radius 2 is 2.23 bits per heavy atom. The van der Waals surface area contributed by atoms with Crippen molar-refractivity contribution in [2.75, 3.05) is 19.3 Å². The predicted molar refractivity (Wildman–Crippen MR) is 50.7 cm³/mol. The van der Waals surface area contributed by atoms with Gasteiger partial charge in [0, 0.05) is 0 Å². The molecule has 5 nitrogen and oxygen atoms in total. The highest BCUT2D eigenvalue weighted by Gasteiger charge is 2.17. The Balaban J connectivity index is 2.05. The molecule has 1 aliphatic rings. The maximum atomic E-state index is 4.28. The molecule has 0 aromatic carbocycles. The summed E-state index contributed by atoms with van der Waals surface area (Å²) in [6.45, 7) is 2.11. The zero-order valence-electron chi connectivity index (χ0n) is 7.60. The van der Waals surface area contributed by atoms with E-state index < -0.39 is 0 Å². The Morgan fingerprint density at radius 1 is 1.46 bits per heavy atom. The smallest absolute Gasteiger partial charge is 0.230 e. The third-order valence-corrected chi connectivity index (χ3v) is 2.76. The molecule has 1 fully saturated rings. The Labute approximate surface area is 81.3 Å². The van der Waals surface area contributed by atoms with Crippen LogP contribution in [0.2, 0.25) is 0 Å². The molecule has 0 bridgehead atoms. The van der Waals surface area contributed by atoms with Crippen molar-refractivity contribution in [3.8, 4) is 0 Å². The molecule has 2 rings (SSSR count). The van der Waals surface area contributed by atoms with Crippen LogP contribution in [-0.4, -0.2) is 39.6 Å². The van der Waals surface area contributed by atoms with Crippen LogP contribution in [0.1, 0.15) is 18.9 Å². The lowest BCUT2D eigenvalue weighted by atomic mass is 10.1. The maximum absolute atomic E-state index is 4.28. The number of tetrazole rings is 1. The fourth-order valence-electron chi connectivity index (χ4n) is 1.49. The summed E-state index contributed by atoms with van der Waals surface area (Å²) in [5.41, 5.74) is 0. The van der Waals surface area contributed by atoms with Crippen LogP contribution in [0.15, 0.2) is 5.16 Å². The summed E-state index contributed by atoms with van der Waals surface area (Å²) < 4.78 is 0. The van der Waals surface area contributed by atoms with Crippen molar-refractivity contribution < 1.29 is 0 Å². The standard InChI is InChI=1S/C7H13N5S/c1-13-7-9-11-12(10-7)6-2-4-8-5-3-6/h6,8H,2-5H2,1H3. The van der Waals surface area contributed by atoms with Crippen molar-refractivity contribution >= 4 is 11.8 Å². The zero-order valence-corrected chi connectivity index (χ0v) is 8.42. The van der Waals surface area contributed by atoms with Crippen LogP contribution >= 0.6 is 11.8 Å². The molecule has 72 valence electrons. The van der Waals surface area contributed by atoms with Crippen molar-refractivity contribution in [1.29, 1.82) is 0 Å². The lowest BCUT2D eigenvalue weighted by Crippen LogP contribution is -2.30. The first kappa shape index (κ1) is 8.96. The Kier molecular flexibility index (Phi) is 2.80. The number of hydrogen-bond acceptors (Lipinski definition) is 5. The van der Waals surface area contributed by atoms with Crippen LogP contribution in [0.25, 0.3) is 0 Å². The number of hydrogen-bond donors (Lipinski definition) is 1. The summed E-state index contributed by atoms with van der Waals surface area (Å²) in [6, 6.07) is 0.439. The highest BCUT2D eigenvalue weighted by Crippen LogP contribution is 2.16. The van der Waals surface area contributed by atoms with Crippen LogP contribution in [0, 0.1) is 0 Å². The van der Waals surface area contributed by atoms with E-state index in [9.17, 15) is 0 Å². The number of aromatic nitrogens is 4. The van der Waals surface area contributed by atoms with E-state index in [2.05, 4.69) is 20.7 Å². The van der Waals surface area contributed by atoms with Crippen molar-refractivity contribution in [2.24, 2.45) is 0 Å². The molecular formula is C7H13N5S. The number of piperidine rings is 1. The van der Waals surface area contributed by atoms with Crippen molar-refractivity contribution in [2.45, 2.75) is 24.0 Å². The number of nitrogens with one attached hydrogen (secondary N) is 1. The first-order valence-corrected chi connectivity index (χ1v) is 5.67. The molecule has 6 heteroatoms. The summed E-state index contributed by atoms with van der Waals surface area (Å²) >= 11 is 1.53. The van der Waals surface area contributed by atoms with E-state index in [-0.39, 0.29) is 0 Å². The van der Waals surface area contributed by atoms with Crippen molar-refractivity contribution in [3.05, 3.63) is 0 Å². The van der Waals surface area contributed by atoms with Crippen LogP contribution in [0.5, 0.6) is 0 Å². The third-order valence-electron chi connectivity index (χ3n) is 2.23. The van der Waals surface area contributed by atoms with E-state index in [1.165, 1.54) is 11.8 Å². The van der Waals surface area contributed by atoms with E-state index in [0.29, 0.717) is 6.04 Å². The second kappa shape index (κ2) is 4.06. The molecule has 0 saturated carbocycles. The Bertz CT molecular complexity index is 268. The molecule has 1 aromatic rings. The van der Waals surface area contributed by atoms with E-state index >= 15 is 0 Å². The van der Waals surface area contributed by atoms with E-state index in [1.807, 2.05) is 6.26 Å². The van der Waals surface area contributed by atoms with Gasteiger partial charge in [-0.3, -0.25) is 0 Å². The normalized spacial score (nSPS) is 19.2. The molecule has 1 saturated heterocycles. The van der Waals surface area contributed by atoms with Crippen LogP contribution in [0.4, 0.5) is 0 Å². The maximum Gasteiger partial charge on any atom is 0.230 e. The second-order valence-corrected chi connectivity index (χ2v) is 3.85. The largest absolute Gasteiger partial charge is 0.317 e. The summed E-state index contributed by atoms with van der Waals surface area (Å²) in [4.78, 5) is 1.76. The van der Waals surface area contributed by atoms with Gasteiger partial charge in [0.25, 0.3) is 0 Å². The molecule has 2 heterocycles. The number of rotatable bonds is 2. The summed E-state index contributed by atoms with van der Waals surface area (Å²) in [5, 5.41) is 16.3. The molecule has 0 radical (unpaired) electrons. The van der Waals surface area contributed by atoms with Gasteiger partial charge >= 0.3 is 0 Å². The number of thioether (sulfide) groups is 1. The average Bonchev–Trinajstić information content (AvgIpc) is 2.67. The number of nitrogens with zero attached hydrogens (tertiary/aromatic N) is 4. The van der Waals surface area contributed by atoms with Crippen molar-refractivity contribution in [1.82, 2.24) is 25.5 Å². The highest BCUT2D eigenvalue weighted by atomic mass is 32.2. The van der Waals surface area contributed by atoms with Gasteiger partial charge in [0.15, 0.2) is 0 Å². The SMILES string of the molecule is CSc1nnn(C2CCNCC2)n1.